The predicted molar refractivity (Wildman–Crippen MR) is 80.4 cm³/mol. The Labute approximate surface area is 122 Å². The largest absolute Gasteiger partial charge is 0.360 e. The van der Waals surface area contributed by atoms with E-state index in [2.05, 4.69) is 18.2 Å². The van der Waals surface area contributed by atoms with Crippen LogP contribution in [0.25, 0.3) is 0 Å². The van der Waals surface area contributed by atoms with Crippen molar-refractivity contribution in [2.24, 2.45) is 17.8 Å². The second-order valence-electron chi connectivity index (χ2n) is 8.13. The topological polar surface area (TPSA) is 9.23 Å². The SMILES string of the molecule is C1=CC2(OC34CCC(C=C3C3CCCC3)C4)CCC1C2. The molecule has 0 aromatic rings. The average Bonchev–Trinajstić information content (AvgIpc) is 3.24. The summed E-state index contributed by atoms with van der Waals surface area (Å²) >= 11 is 0. The van der Waals surface area contributed by atoms with E-state index >= 15 is 0 Å². The van der Waals surface area contributed by atoms with Gasteiger partial charge in [-0.05, 0) is 74.7 Å². The molecule has 1 heteroatoms. The summed E-state index contributed by atoms with van der Waals surface area (Å²) in [6.07, 6.45) is 21.1. The Balaban J connectivity index is 1.45. The van der Waals surface area contributed by atoms with Gasteiger partial charge in [-0.25, -0.2) is 0 Å². The van der Waals surface area contributed by atoms with Gasteiger partial charge in [-0.2, -0.15) is 0 Å². The lowest BCUT2D eigenvalue weighted by atomic mass is 9.82. The Hall–Kier alpha value is -0.560. The number of hydrogen-bond donors (Lipinski definition) is 0. The molecule has 0 aliphatic heterocycles. The normalized spacial score (nSPS) is 49.5. The maximum Gasteiger partial charge on any atom is 0.0912 e. The van der Waals surface area contributed by atoms with E-state index < -0.39 is 0 Å². The summed E-state index contributed by atoms with van der Waals surface area (Å²) in [5, 5.41) is 0. The minimum Gasteiger partial charge on any atom is -0.360 e. The van der Waals surface area contributed by atoms with Gasteiger partial charge in [0.05, 0.1) is 11.2 Å². The third kappa shape index (κ3) is 1.59. The van der Waals surface area contributed by atoms with E-state index in [1.807, 2.05) is 0 Å². The molecule has 0 aromatic carbocycles. The average molecular weight is 270 g/mol. The van der Waals surface area contributed by atoms with Crippen molar-refractivity contribution in [1.29, 1.82) is 0 Å². The molecule has 4 atom stereocenters. The minimum atomic E-state index is 0.127. The van der Waals surface area contributed by atoms with Crippen LogP contribution in [0.2, 0.25) is 0 Å². The van der Waals surface area contributed by atoms with Crippen LogP contribution >= 0.6 is 0 Å². The van der Waals surface area contributed by atoms with E-state index in [1.54, 1.807) is 5.57 Å². The molecule has 0 N–H and O–H groups in total. The quantitative estimate of drug-likeness (QED) is 0.671. The van der Waals surface area contributed by atoms with Crippen LogP contribution in [0.4, 0.5) is 0 Å². The van der Waals surface area contributed by atoms with Crippen molar-refractivity contribution < 1.29 is 4.74 Å². The maximum absolute atomic E-state index is 7.00. The first-order valence-electron chi connectivity index (χ1n) is 8.89. The third-order valence-electron chi connectivity index (χ3n) is 6.86. The highest BCUT2D eigenvalue weighted by molar-refractivity contribution is 5.33. The molecule has 0 saturated heterocycles. The Morgan fingerprint density at radius 2 is 1.80 bits per heavy atom. The van der Waals surface area contributed by atoms with Gasteiger partial charge in [-0.15, -0.1) is 0 Å². The lowest BCUT2D eigenvalue weighted by molar-refractivity contribution is -0.107. The molecule has 0 spiro atoms. The van der Waals surface area contributed by atoms with Crippen molar-refractivity contribution in [2.45, 2.75) is 75.4 Å². The van der Waals surface area contributed by atoms with Crippen molar-refractivity contribution in [2.75, 3.05) is 0 Å². The van der Waals surface area contributed by atoms with Gasteiger partial charge in [0.1, 0.15) is 0 Å². The molecule has 108 valence electrons. The summed E-state index contributed by atoms with van der Waals surface area (Å²) in [4.78, 5) is 0. The maximum atomic E-state index is 7.00. The molecule has 4 unspecified atom stereocenters. The molecule has 5 aliphatic rings. The number of ether oxygens (including phenoxy) is 1. The monoisotopic (exact) mass is 270 g/mol. The van der Waals surface area contributed by atoms with E-state index in [-0.39, 0.29) is 11.2 Å². The fourth-order valence-electron chi connectivity index (χ4n) is 5.97. The second-order valence-corrected chi connectivity index (χ2v) is 8.13. The van der Waals surface area contributed by atoms with Gasteiger partial charge in [-0.3, -0.25) is 0 Å². The number of fused-ring (bicyclic) bond motifs is 4. The molecule has 3 saturated carbocycles. The lowest BCUT2D eigenvalue weighted by Gasteiger charge is -2.41. The van der Waals surface area contributed by atoms with Crippen molar-refractivity contribution in [3.63, 3.8) is 0 Å². The van der Waals surface area contributed by atoms with Crippen LogP contribution in [-0.4, -0.2) is 11.2 Å². The van der Waals surface area contributed by atoms with E-state index in [4.69, 9.17) is 4.74 Å². The Bertz CT molecular complexity index is 484. The smallest absolute Gasteiger partial charge is 0.0912 e. The molecule has 0 amide bonds. The van der Waals surface area contributed by atoms with E-state index in [9.17, 15) is 0 Å². The van der Waals surface area contributed by atoms with Gasteiger partial charge >= 0.3 is 0 Å². The minimum absolute atomic E-state index is 0.127. The van der Waals surface area contributed by atoms with Crippen LogP contribution in [0.5, 0.6) is 0 Å². The van der Waals surface area contributed by atoms with Gasteiger partial charge in [0, 0.05) is 0 Å². The summed E-state index contributed by atoms with van der Waals surface area (Å²) in [5.74, 6) is 2.52. The molecule has 0 heterocycles. The van der Waals surface area contributed by atoms with Crippen LogP contribution in [-0.2, 0) is 4.74 Å². The zero-order valence-electron chi connectivity index (χ0n) is 12.4. The van der Waals surface area contributed by atoms with E-state index in [1.165, 1.54) is 64.2 Å². The highest BCUT2D eigenvalue weighted by atomic mass is 16.5. The molecule has 4 bridgehead atoms. The molecular weight excluding hydrogens is 244 g/mol. The fourth-order valence-corrected chi connectivity index (χ4v) is 5.97. The summed E-state index contributed by atoms with van der Waals surface area (Å²) in [6, 6.07) is 0. The van der Waals surface area contributed by atoms with Gasteiger partial charge in [0.2, 0.25) is 0 Å². The predicted octanol–water partition coefficient (Wildman–Crippen LogP) is 4.78. The van der Waals surface area contributed by atoms with Crippen LogP contribution < -0.4 is 0 Å². The van der Waals surface area contributed by atoms with Gasteiger partial charge in [-0.1, -0.05) is 31.1 Å². The number of allylic oxidation sites excluding steroid dienone is 2. The van der Waals surface area contributed by atoms with Crippen LogP contribution in [0, 0.1) is 17.8 Å². The highest BCUT2D eigenvalue weighted by Gasteiger charge is 2.55. The van der Waals surface area contributed by atoms with Crippen LogP contribution in [0.3, 0.4) is 0 Å². The Morgan fingerprint density at radius 3 is 2.45 bits per heavy atom. The van der Waals surface area contributed by atoms with Gasteiger partial charge in [0.15, 0.2) is 0 Å². The molecule has 1 nitrogen and oxygen atoms in total. The molecule has 0 aromatic heterocycles. The first kappa shape index (κ1) is 12.0. The van der Waals surface area contributed by atoms with Crippen LogP contribution in [0.15, 0.2) is 23.8 Å². The molecule has 5 rings (SSSR count). The zero-order valence-corrected chi connectivity index (χ0v) is 12.4. The highest BCUT2D eigenvalue weighted by Crippen LogP contribution is 2.58. The van der Waals surface area contributed by atoms with E-state index in [0.717, 1.165) is 17.8 Å². The third-order valence-corrected chi connectivity index (χ3v) is 6.86. The standard InChI is InChI=1S/C19H26O/c1-2-4-16(3-1)17-11-15-7-10-19(17,13-15)20-18-8-5-14(12-18)6-9-18/h5,8,11,14-16H,1-4,6-7,9-10,12-13H2. The van der Waals surface area contributed by atoms with Gasteiger partial charge in [0.25, 0.3) is 0 Å². The van der Waals surface area contributed by atoms with Crippen molar-refractivity contribution in [3.8, 4) is 0 Å². The van der Waals surface area contributed by atoms with E-state index in [0.29, 0.717) is 0 Å². The van der Waals surface area contributed by atoms with Crippen LogP contribution in [0.1, 0.15) is 64.2 Å². The lowest BCUT2D eigenvalue weighted by Crippen LogP contribution is -2.42. The molecule has 20 heavy (non-hydrogen) atoms. The zero-order chi connectivity index (χ0) is 13.2. The number of rotatable bonds is 3. The molecular formula is C19H26O. The summed E-state index contributed by atoms with van der Waals surface area (Å²) < 4.78 is 7.00. The first-order chi connectivity index (χ1) is 9.77. The first-order valence-corrected chi connectivity index (χ1v) is 8.89. The Morgan fingerprint density at radius 1 is 0.950 bits per heavy atom. The van der Waals surface area contributed by atoms with Crippen molar-refractivity contribution in [3.05, 3.63) is 23.8 Å². The van der Waals surface area contributed by atoms with Gasteiger partial charge < -0.3 is 4.74 Å². The summed E-state index contributed by atoms with van der Waals surface area (Å²) in [7, 11) is 0. The van der Waals surface area contributed by atoms with Crippen molar-refractivity contribution in [1.82, 2.24) is 0 Å². The number of hydrogen-bond acceptors (Lipinski definition) is 1. The molecule has 5 aliphatic carbocycles. The van der Waals surface area contributed by atoms with Crippen molar-refractivity contribution >= 4 is 0 Å². The molecule has 0 radical (unpaired) electrons. The summed E-state index contributed by atoms with van der Waals surface area (Å²) in [5.41, 5.74) is 2.02. The molecule has 3 fully saturated rings. The Kier molecular flexibility index (Phi) is 2.41. The second kappa shape index (κ2) is 4.00. The summed E-state index contributed by atoms with van der Waals surface area (Å²) in [6.45, 7) is 0. The fraction of sp³-hybridized carbons (Fsp3) is 0.789.